The highest BCUT2D eigenvalue weighted by Crippen LogP contribution is 2.32. The normalized spacial score (nSPS) is 12.6. The number of anilines is 1. The summed E-state index contributed by atoms with van der Waals surface area (Å²) in [4.78, 5) is 12.8. The average molecular weight is 393 g/mol. The van der Waals surface area contributed by atoms with Crippen LogP contribution in [0.2, 0.25) is 0 Å². The molecule has 1 amide bonds. The van der Waals surface area contributed by atoms with Crippen LogP contribution in [0.1, 0.15) is 28.7 Å². The van der Waals surface area contributed by atoms with Gasteiger partial charge in [-0.05, 0) is 43.3 Å². The molecule has 0 bridgehead atoms. The largest absolute Gasteiger partial charge is 0.486 e. The van der Waals surface area contributed by atoms with E-state index in [0.29, 0.717) is 30.4 Å². The van der Waals surface area contributed by atoms with Crippen LogP contribution in [0, 0.1) is 6.92 Å². The number of hydrogen-bond acceptors (Lipinski definition) is 6. The Morgan fingerprint density at radius 3 is 2.79 bits per heavy atom. The Morgan fingerprint density at radius 2 is 1.97 bits per heavy atom. The van der Waals surface area contributed by atoms with Crippen LogP contribution in [0.5, 0.6) is 11.5 Å². The van der Waals surface area contributed by atoms with E-state index in [1.165, 1.54) is 0 Å². The third-order valence-electron chi connectivity index (χ3n) is 4.64. The first-order valence-electron chi connectivity index (χ1n) is 9.59. The number of nitrogens with zero attached hydrogens (tertiary/aromatic N) is 3. The number of aromatic nitrogens is 3. The molecule has 2 heterocycles. The summed E-state index contributed by atoms with van der Waals surface area (Å²) in [5.74, 6) is 1.06. The second-order valence-electron chi connectivity index (χ2n) is 6.70. The van der Waals surface area contributed by atoms with Crippen molar-refractivity contribution in [3.8, 4) is 17.2 Å². The third-order valence-corrected chi connectivity index (χ3v) is 4.64. The Morgan fingerprint density at radius 1 is 1.14 bits per heavy atom. The lowest BCUT2D eigenvalue weighted by Crippen LogP contribution is -2.16. The van der Waals surface area contributed by atoms with Crippen molar-refractivity contribution >= 4 is 11.6 Å². The highest BCUT2D eigenvalue weighted by atomic mass is 16.6. The molecular formula is C21H23N5O3. The number of benzene rings is 2. The Balaban J connectivity index is 1.53. The maximum atomic E-state index is 12.8. The van der Waals surface area contributed by atoms with Crippen LogP contribution >= 0.6 is 0 Å². The molecule has 0 aliphatic carbocycles. The standard InChI is InChI=1S/C21H23N5O3/c1-3-22-13-15-5-4-6-16(11-15)23-21(27)20-14(2)26(25-24-20)17-7-8-18-19(12-17)29-10-9-28-18/h4-8,11-12,22H,3,9-10,13H2,1-2H3,(H,23,27). The summed E-state index contributed by atoms with van der Waals surface area (Å²) in [6.07, 6.45) is 0. The fourth-order valence-electron chi connectivity index (χ4n) is 3.17. The molecule has 0 saturated carbocycles. The molecule has 1 aliphatic heterocycles. The maximum absolute atomic E-state index is 12.8. The van der Waals surface area contributed by atoms with Gasteiger partial charge < -0.3 is 20.1 Å². The fraction of sp³-hybridized carbons (Fsp3) is 0.286. The number of carbonyl (C=O) groups excluding carboxylic acids is 1. The lowest BCUT2D eigenvalue weighted by molar-refractivity contribution is 0.102. The van der Waals surface area contributed by atoms with Gasteiger partial charge in [0.1, 0.15) is 13.2 Å². The Bertz CT molecular complexity index is 1030. The van der Waals surface area contributed by atoms with Gasteiger partial charge >= 0.3 is 0 Å². The molecule has 150 valence electrons. The van der Waals surface area contributed by atoms with Crippen molar-refractivity contribution < 1.29 is 14.3 Å². The zero-order valence-electron chi connectivity index (χ0n) is 16.4. The predicted octanol–water partition coefficient (Wildman–Crippen LogP) is 2.71. The summed E-state index contributed by atoms with van der Waals surface area (Å²) in [6.45, 7) is 6.55. The number of amides is 1. The second-order valence-corrected chi connectivity index (χ2v) is 6.70. The van der Waals surface area contributed by atoms with Gasteiger partial charge in [0.25, 0.3) is 5.91 Å². The molecule has 2 N–H and O–H groups in total. The Kier molecular flexibility index (Phi) is 5.44. The average Bonchev–Trinajstić information content (AvgIpc) is 3.13. The van der Waals surface area contributed by atoms with E-state index in [-0.39, 0.29) is 11.6 Å². The van der Waals surface area contributed by atoms with Crippen molar-refractivity contribution in [3.63, 3.8) is 0 Å². The van der Waals surface area contributed by atoms with Crippen molar-refractivity contribution in [1.29, 1.82) is 0 Å². The zero-order valence-corrected chi connectivity index (χ0v) is 16.4. The van der Waals surface area contributed by atoms with Gasteiger partial charge in [-0.15, -0.1) is 5.10 Å². The van der Waals surface area contributed by atoms with E-state index in [9.17, 15) is 4.79 Å². The molecule has 0 unspecified atom stereocenters. The first-order chi connectivity index (χ1) is 14.2. The van der Waals surface area contributed by atoms with Gasteiger partial charge in [-0.3, -0.25) is 4.79 Å². The van der Waals surface area contributed by atoms with E-state index in [0.717, 1.165) is 30.0 Å². The van der Waals surface area contributed by atoms with Gasteiger partial charge in [-0.1, -0.05) is 24.3 Å². The molecule has 1 aliphatic rings. The van der Waals surface area contributed by atoms with Crippen LogP contribution in [0.4, 0.5) is 5.69 Å². The van der Waals surface area contributed by atoms with Crippen LogP contribution in [0.3, 0.4) is 0 Å². The number of carbonyl (C=O) groups is 1. The molecule has 0 fully saturated rings. The summed E-state index contributed by atoms with van der Waals surface area (Å²) in [5, 5.41) is 14.4. The SMILES string of the molecule is CCNCc1cccc(NC(=O)c2nnn(-c3ccc4c(c3)OCCO4)c2C)c1. The highest BCUT2D eigenvalue weighted by molar-refractivity contribution is 6.03. The van der Waals surface area contributed by atoms with Crippen LogP contribution in [0.15, 0.2) is 42.5 Å². The molecule has 0 atom stereocenters. The molecule has 0 spiro atoms. The van der Waals surface area contributed by atoms with E-state index in [2.05, 4.69) is 27.9 Å². The van der Waals surface area contributed by atoms with E-state index in [4.69, 9.17) is 9.47 Å². The molecular weight excluding hydrogens is 370 g/mol. The fourth-order valence-corrected chi connectivity index (χ4v) is 3.17. The summed E-state index contributed by atoms with van der Waals surface area (Å²) in [7, 11) is 0. The number of ether oxygens (including phenoxy) is 2. The van der Waals surface area contributed by atoms with Crippen molar-refractivity contribution in [2.75, 3.05) is 25.1 Å². The van der Waals surface area contributed by atoms with Gasteiger partial charge in [-0.2, -0.15) is 0 Å². The summed E-state index contributed by atoms with van der Waals surface area (Å²) in [6, 6.07) is 13.3. The Hall–Kier alpha value is -3.39. The van der Waals surface area contributed by atoms with Gasteiger partial charge in [0.15, 0.2) is 17.2 Å². The first-order valence-corrected chi connectivity index (χ1v) is 9.59. The summed E-state index contributed by atoms with van der Waals surface area (Å²) < 4.78 is 12.8. The zero-order chi connectivity index (χ0) is 20.2. The smallest absolute Gasteiger partial charge is 0.278 e. The molecule has 2 aromatic carbocycles. The van der Waals surface area contributed by atoms with Crippen LogP contribution < -0.4 is 20.1 Å². The van der Waals surface area contributed by atoms with E-state index >= 15 is 0 Å². The predicted molar refractivity (Wildman–Crippen MR) is 109 cm³/mol. The molecule has 3 aromatic rings. The second kappa shape index (κ2) is 8.32. The molecule has 29 heavy (non-hydrogen) atoms. The number of nitrogens with one attached hydrogen (secondary N) is 2. The topological polar surface area (TPSA) is 90.3 Å². The van der Waals surface area contributed by atoms with Crippen LogP contribution in [-0.2, 0) is 6.54 Å². The molecule has 0 saturated heterocycles. The lowest BCUT2D eigenvalue weighted by Gasteiger charge is -2.18. The molecule has 8 nitrogen and oxygen atoms in total. The van der Waals surface area contributed by atoms with Crippen molar-refractivity contribution in [2.45, 2.75) is 20.4 Å². The highest BCUT2D eigenvalue weighted by Gasteiger charge is 2.19. The monoisotopic (exact) mass is 393 g/mol. The van der Waals surface area contributed by atoms with Gasteiger partial charge in [-0.25, -0.2) is 4.68 Å². The minimum atomic E-state index is -0.299. The van der Waals surface area contributed by atoms with Crippen molar-refractivity contribution in [3.05, 3.63) is 59.4 Å². The summed E-state index contributed by atoms with van der Waals surface area (Å²) >= 11 is 0. The number of hydrogen-bond donors (Lipinski definition) is 2. The maximum Gasteiger partial charge on any atom is 0.278 e. The first kappa shape index (κ1) is 18.9. The van der Waals surface area contributed by atoms with E-state index in [1.807, 2.05) is 49.4 Å². The molecule has 4 rings (SSSR count). The summed E-state index contributed by atoms with van der Waals surface area (Å²) in [5.41, 5.74) is 3.49. The minimum absolute atomic E-state index is 0.275. The van der Waals surface area contributed by atoms with E-state index < -0.39 is 0 Å². The van der Waals surface area contributed by atoms with Gasteiger partial charge in [0.2, 0.25) is 0 Å². The van der Waals surface area contributed by atoms with Crippen molar-refractivity contribution in [2.24, 2.45) is 0 Å². The molecule has 1 aromatic heterocycles. The molecule has 0 radical (unpaired) electrons. The third kappa shape index (κ3) is 4.07. The van der Waals surface area contributed by atoms with Crippen LogP contribution in [0.25, 0.3) is 5.69 Å². The molecule has 8 heteroatoms. The number of fused-ring (bicyclic) bond motifs is 1. The van der Waals surface area contributed by atoms with Crippen molar-refractivity contribution in [1.82, 2.24) is 20.3 Å². The minimum Gasteiger partial charge on any atom is -0.486 e. The Labute approximate surface area is 168 Å². The van der Waals surface area contributed by atoms with Crippen LogP contribution in [-0.4, -0.2) is 40.7 Å². The van der Waals surface area contributed by atoms with Gasteiger partial charge in [0.05, 0.1) is 11.4 Å². The number of rotatable bonds is 6. The quantitative estimate of drug-likeness (QED) is 0.669. The van der Waals surface area contributed by atoms with Gasteiger partial charge in [0, 0.05) is 18.3 Å². The van der Waals surface area contributed by atoms with E-state index in [1.54, 1.807) is 4.68 Å². The lowest BCUT2D eigenvalue weighted by atomic mass is 10.2.